The molecule has 0 aliphatic heterocycles. The topological polar surface area (TPSA) is 89.3 Å². The number of amides is 1. The Balaban J connectivity index is -0.00000133. The fraction of sp³-hybridized carbons (Fsp3) is 0.571. The van der Waals surface area contributed by atoms with Crippen LogP contribution < -0.4 is 16.4 Å². The first-order valence-electron chi connectivity index (χ1n) is 7.03. The Morgan fingerprint density at radius 3 is 2.61 bits per heavy atom. The standard InChI is InChI=1S/C14H24N4O2.3ClH/c1-2-3-7-18-14(19)20-10-9-17-13(11-15)12-6-4-5-8-16-12;;;/h4-6,8,13,17H,2-3,7,9-11,15H2,1H3,(H,18,19);3*1H. The van der Waals surface area contributed by atoms with Gasteiger partial charge in [0.1, 0.15) is 6.61 Å². The van der Waals surface area contributed by atoms with Gasteiger partial charge < -0.3 is 21.1 Å². The zero-order valence-electron chi connectivity index (χ0n) is 13.2. The van der Waals surface area contributed by atoms with E-state index in [1.165, 1.54) is 0 Å². The van der Waals surface area contributed by atoms with Gasteiger partial charge in [-0.3, -0.25) is 4.98 Å². The molecule has 0 radical (unpaired) electrons. The van der Waals surface area contributed by atoms with Gasteiger partial charge in [0.05, 0.1) is 11.7 Å². The molecule has 9 heteroatoms. The van der Waals surface area contributed by atoms with Crippen LogP contribution in [0.5, 0.6) is 0 Å². The van der Waals surface area contributed by atoms with E-state index in [2.05, 4.69) is 22.5 Å². The summed E-state index contributed by atoms with van der Waals surface area (Å²) in [4.78, 5) is 15.6. The fourth-order valence-electron chi connectivity index (χ4n) is 1.69. The third kappa shape index (κ3) is 12.3. The molecule has 4 N–H and O–H groups in total. The van der Waals surface area contributed by atoms with Crippen LogP contribution >= 0.6 is 37.2 Å². The predicted octanol–water partition coefficient (Wildman–Crippen LogP) is 2.46. The number of pyridine rings is 1. The highest BCUT2D eigenvalue weighted by Crippen LogP contribution is 2.06. The molecule has 1 unspecified atom stereocenters. The lowest BCUT2D eigenvalue weighted by Crippen LogP contribution is -2.33. The minimum atomic E-state index is -0.373. The summed E-state index contributed by atoms with van der Waals surface area (Å²) in [6.07, 6.45) is 3.37. The lowest BCUT2D eigenvalue weighted by Gasteiger charge is -2.16. The second-order valence-corrected chi connectivity index (χ2v) is 4.41. The minimum Gasteiger partial charge on any atom is -0.448 e. The molecular weight excluding hydrogens is 363 g/mol. The molecule has 0 aromatic carbocycles. The van der Waals surface area contributed by atoms with E-state index in [9.17, 15) is 4.79 Å². The molecule has 0 fully saturated rings. The summed E-state index contributed by atoms with van der Waals surface area (Å²) in [5.41, 5.74) is 6.60. The van der Waals surface area contributed by atoms with Crippen LogP contribution in [-0.4, -0.2) is 37.3 Å². The number of nitrogens with two attached hydrogens (primary N) is 1. The summed E-state index contributed by atoms with van der Waals surface area (Å²) in [7, 11) is 0. The lowest BCUT2D eigenvalue weighted by atomic mass is 10.2. The molecule has 0 aliphatic carbocycles. The molecule has 0 saturated carbocycles. The van der Waals surface area contributed by atoms with Gasteiger partial charge in [0.25, 0.3) is 0 Å². The van der Waals surface area contributed by atoms with Gasteiger partial charge in [-0.15, -0.1) is 37.2 Å². The van der Waals surface area contributed by atoms with Crippen molar-refractivity contribution >= 4 is 43.3 Å². The number of unbranched alkanes of at least 4 members (excludes halogenated alkanes) is 1. The summed E-state index contributed by atoms with van der Waals surface area (Å²) in [5, 5.41) is 5.91. The van der Waals surface area contributed by atoms with Crippen LogP contribution in [0.2, 0.25) is 0 Å². The van der Waals surface area contributed by atoms with E-state index >= 15 is 0 Å². The number of carbonyl (C=O) groups is 1. The van der Waals surface area contributed by atoms with Crippen LogP contribution in [0.25, 0.3) is 0 Å². The zero-order valence-corrected chi connectivity index (χ0v) is 15.6. The number of ether oxygens (including phenoxy) is 1. The molecule has 1 aromatic heterocycles. The van der Waals surface area contributed by atoms with Gasteiger partial charge >= 0.3 is 6.09 Å². The third-order valence-corrected chi connectivity index (χ3v) is 2.81. The van der Waals surface area contributed by atoms with E-state index < -0.39 is 0 Å². The number of carbonyl (C=O) groups excluding carboxylic acids is 1. The van der Waals surface area contributed by atoms with Crippen molar-refractivity contribution in [1.29, 1.82) is 0 Å². The van der Waals surface area contributed by atoms with Gasteiger partial charge in [0.2, 0.25) is 0 Å². The molecule has 0 bridgehead atoms. The average molecular weight is 390 g/mol. The van der Waals surface area contributed by atoms with Crippen molar-refractivity contribution in [3.05, 3.63) is 30.1 Å². The first-order chi connectivity index (χ1) is 9.77. The average Bonchev–Trinajstić information content (AvgIpc) is 2.48. The molecule has 1 rings (SSSR count). The molecule has 1 aromatic rings. The van der Waals surface area contributed by atoms with E-state index in [0.717, 1.165) is 18.5 Å². The lowest BCUT2D eigenvalue weighted by molar-refractivity contribution is 0.145. The van der Waals surface area contributed by atoms with Gasteiger partial charge in [0, 0.05) is 25.8 Å². The number of aromatic nitrogens is 1. The third-order valence-electron chi connectivity index (χ3n) is 2.81. The van der Waals surface area contributed by atoms with E-state index in [1.807, 2.05) is 18.2 Å². The van der Waals surface area contributed by atoms with E-state index in [1.54, 1.807) is 6.20 Å². The highest BCUT2D eigenvalue weighted by molar-refractivity contribution is 5.86. The molecule has 6 nitrogen and oxygen atoms in total. The summed E-state index contributed by atoms with van der Waals surface area (Å²) in [5.74, 6) is 0. The van der Waals surface area contributed by atoms with Gasteiger partial charge in [0.15, 0.2) is 0 Å². The van der Waals surface area contributed by atoms with Crippen molar-refractivity contribution in [1.82, 2.24) is 15.6 Å². The Hall–Kier alpha value is -0.790. The largest absolute Gasteiger partial charge is 0.448 e. The van der Waals surface area contributed by atoms with Crippen LogP contribution in [0.3, 0.4) is 0 Å². The van der Waals surface area contributed by atoms with Crippen LogP contribution in [0.15, 0.2) is 24.4 Å². The van der Waals surface area contributed by atoms with Crippen molar-refractivity contribution in [2.24, 2.45) is 5.73 Å². The highest BCUT2D eigenvalue weighted by atomic mass is 35.5. The van der Waals surface area contributed by atoms with Gasteiger partial charge in [-0.25, -0.2) is 4.79 Å². The van der Waals surface area contributed by atoms with E-state index in [0.29, 0.717) is 26.2 Å². The van der Waals surface area contributed by atoms with Crippen molar-refractivity contribution in [2.45, 2.75) is 25.8 Å². The monoisotopic (exact) mass is 388 g/mol. The van der Waals surface area contributed by atoms with Crippen LogP contribution in [-0.2, 0) is 4.74 Å². The maximum atomic E-state index is 11.3. The van der Waals surface area contributed by atoms with Gasteiger partial charge in [-0.05, 0) is 18.6 Å². The van der Waals surface area contributed by atoms with Crippen LogP contribution in [0.4, 0.5) is 4.79 Å². The Labute approximate surface area is 156 Å². The van der Waals surface area contributed by atoms with E-state index in [-0.39, 0.29) is 49.4 Å². The molecule has 1 atom stereocenters. The number of hydrogen-bond acceptors (Lipinski definition) is 5. The fourth-order valence-corrected chi connectivity index (χ4v) is 1.69. The van der Waals surface area contributed by atoms with Crippen molar-refractivity contribution < 1.29 is 9.53 Å². The second kappa shape index (κ2) is 17.6. The number of hydrogen-bond donors (Lipinski definition) is 3. The Bertz CT molecular complexity index is 386. The van der Waals surface area contributed by atoms with Gasteiger partial charge in [-0.1, -0.05) is 19.4 Å². The molecule has 0 spiro atoms. The van der Waals surface area contributed by atoms with Crippen molar-refractivity contribution in [3.63, 3.8) is 0 Å². The summed E-state index contributed by atoms with van der Waals surface area (Å²) in [6.45, 7) is 4.02. The number of nitrogens with one attached hydrogen (secondary N) is 2. The molecule has 0 saturated heterocycles. The number of halogens is 3. The van der Waals surface area contributed by atoms with Crippen molar-refractivity contribution in [2.75, 3.05) is 26.2 Å². The minimum absolute atomic E-state index is 0. The normalized spacial score (nSPS) is 10.3. The van der Waals surface area contributed by atoms with E-state index in [4.69, 9.17) is 10.5 Å². The van der Waals surface area contributed by atoms with Gasteiger partial charge in [-0.2, -0.15) is 0 Å². The zero-order chi connectivity index (χ0) is 14.6. The van der Waals surface area contributed by atoms with Crippen LogP contribution in [0, 0.1) is 0 Å². The quantitative estimate of drug-likeness (QED) is 0.565. The molecule has 23 heavy (non-hydrogen) atoms. The predicted molar refractivity (Wildman–Crippen MR) is 100 cm³/mol. The van der Waals surface area contributed by atoms with Crippen LogP contribution in [0.1, 0.15) is 31.5 Å². The Morgan fingerprint density at radius 2 is 2.04 bits per heavy atom. The number of nitrogens with zero attached hydrogens (tertiary/aromatic N) is 1. The van der Waals surface area contributed by atoms with Crippen molar-refractivity contribution in [3.8, 4) is 0 Å². The number of alkyl carbamates (subject to hydrolysis) is 1. The summed E-state index contributed by atoms with van der Waals surface area (Å²) >= 11 is 0. The molecule has 0 aliphatic rings. The first kappa shape index (κ1) is 27.1. The summed E-state index contributed by atoms with van der Waals surface area (Å²) < 4.78 is 5.05. The number of rotatable bonds is 9. The molecule has 1 amide bonds. The molecule has 136 valence electrons. The highest BCUT2D eigenvalue weighted by Gasteiger charge is 2.09. The molecule has 1 heterocycles. The second-order valence-electron chi connectivity index (χ2n) is 4.41. The maximum absolute atomic E-state index is 11.3. The summed E-state index contributed by atoms with van der Waals surface area (Å²) in [6, 6.07) is 5.68. The smallest absolute Gasteiger partial charge is 0.407 e. The SMILES string of the molecule is CCCCNC(=O)OCCNC(CN)c1ccccn1.Cl.Cl.Cl. The maximum Gasteiger partial charge on any atom is 0.407 e. The first-order valence-corrected chi connectivity index (χ1v) is 7.03. The molecular formula is C14H27Cl3N4O2. The Kier molecular flexibility index (Phi) is 20.7. The Morgan fingerprint density at radius 1 is 1.30 bits per heavy atom.